The third-order valence-corrected chi connectivity index (χ3v) is 6.73. The molecular formula is C20H24N4O. The molecule has 1 aromatic carbocycles. The van der Waals surface area contributed by atoms with E-state index in [0.29, 0.717) is 11.8 Å². The monoisotopic (exact) mass is 336 g/mol. The number of hydrogen-bond donors (Lipinski definition) is 1. The summed E-state index contributed by atoms with van der Waals surface area (Å²) in [5, 5.41) is 7.67. The number of amides is 1. The largest absolute Gasteiger partial charge is 0.326 e. The first-order valence-corrected chi connectivity index (χ1v) is 9.30. The van der Waals surface area contributed by atoms with Crippen molar-refractivity contribution >= 4 is 11.6 Å². The van der Waals surface area contributed by atoms with Gasteiger partial charge in [0.25, 0.3) is 0 Å². The molecule has 1 heterocycles. The summed E-state index contributed by atoms with van der Waals surface area (Å²) >= 11 is 0. The molecule has 0 radical (unpaired) electrons. The van der Waals surface area contributed by atoms with E-state index in [1.807, 2.05) is 30.6 Å². The van der Waals surface area contributed by atoms with E-state index in [4.69, 9.17) is 0 Å². The van der Waals surface area contributed by atoms with Gasteiger partial charge in [-0.25, -0.2) is 9.67 Å². The number of hydrogen-bond acceptors (Lipinski definition) is 3. The van der Waals surface area contributed by atoms with Crippen LogP contribution in [0.15, 0.2) is 36.9 Å². The quantitative estimate of drug-likeness (QED) is 0.933. The second-order valence-electron chi connectivity index (χ2n) is 8.63. The minimum atomic E-state index is -0.249. The molecule has 5 nitrogen and oxygen atoms in total. The highest BCUT2D eigenvalue weighted by molar-refractivity contribution is 5.95. The minimum Gasteiger partial charge on any atom is -0.326 e. The Balaban J connectivity index is 1.46. The number of anilines is 1. The summed E-state index contributed by atoms with van der Waals surface area (Å²) < 4.78 is 2.05. The zero-order chi connectivity index (χ0) is 17.1. The van der Waals surface area contributed by atoms with Gasteiger partial charge in [0.15, 0.2) is 0 Å². The van der Waals surface area contributed by atoms with Crippen LogP contribution >= 0.6 is 0 Å². The molecule has 0 saturated heterocycles. The molecule has 4 bridgehead atoms. The molecule has 0 unspecified atom stereocenters. The highest BCUT2D eigenvalue weighted by Gasteiger charge is 2.61. The van der Waals surface area contributed by atoms with Crippen LogP contribution in [0.1, 0.15) is 44.1 Å². The van der Waals surface area contributed by atoms with Crippen molar-refractivity contribution in [2.24, 2.45) is 17.3 Å². The van der Waals surface area contributed by atoms with Crippen molar-refractivity contribution in [2.45, 2.75) is 51.0 Å². The molecular weight excluding hydrogens is 312 g/mol. The zero-order valence-corrected chi connectivity index (χ0v) is 14.6. The normalized spacial score (nSPS) is 35.7. The molecule has 6 rings (SSSR count). The summed E-state index contributed by atoms with van der Waals surface area (Å²) in [5.41, 5.74) is 1.85. The Hall–Kier alpha value is -2.17. The summed E-state index contributed by atoms with van der Waals surface area (Å²) in [6.45, 7) is 2.06. The van der Waals surface area contributed by atoms with Crippen molar-refractivity contribution in [3.8, 4) is 0 Å². The molecule has 4 aliphatic rings. The molecule has 25 heavy (non-hydrogen) atoms. The molecule has 1 amide bonds. The van der Waals surface area contributed by atoms with Crippen LogP contribution in [0.25, 0.3) is 0 Å². The van der Waals surface area contributed by atoms with Gasteiger partial charge in [-0.2, -0.15) is 5.10 Å². The number of rotatable bonds is 3. The maximum absolute atomic E-state index is 13.3. The number of carbonyl (C=O) groups is 1. The van der Waals surface area contributed by atoms with Crippen LogP contribution in [0.4, 0.5) is 5.69 Å². The van der Waals surface area contributed by atoms with Gasteiger partial charge in [-0.1, -0.05) is 17.7 Å². The standard InChI is InChI=1S/C20H24N4O/c1-14-2-4-17(5-3-14)23-18(25)19-7-15-6-16(8-19)10-20(9-15,11-19)24-13-21-12-22-24/h2-5,12-13,15-16H,6-11H2,1H3,(H,23,25)/t15-,16-,19?,20?/m0/s1. The van der Waals surface area contributed by atoms with Crippen molar-refractivity contribution in [2.75, 3.05) is 5.32 Å². The summed E-state index contributed by atoms with van der Waals surface area (Å²) in [6.07, 6.45) is 9.98. The van der Waals surface area contributed by atoms with Crippen LogP contribution in [0.3, 0.4) is 0 Å². The summed E-state index contributed by atoms with van der Waals surface area (Å²) in [7, 11) is 0. The van der Waals surface area contributed by atoms with Gasteiger partial charge in [0, 0.05) is 5.69 Å². The van der Waals surface area contributed by atoms with Crippen molar-refractivity contribution in [1.82, 2.24) is 14.8 Å². The van der Waals surface area contributed by atoms with Crippen molar-refractivity contribution in [1.29, 1.82) is 0 Å². The molecule has 5 heteroatoms. The molecule has 130 valence electrons. The molecule has 4 fully saturated rings. The van der Waals surface area contributed by atoms with Gasteiger partial charge in [-0.3, -0.25) is 4.79 Å². The Morgan fingerprint density at radius 2 is 1.88 bits per heavy atom. The SMILES string of the molecule is Cc1ccc(NC(=O)C23C[C@@H]4C[C@@H](C2)CC(n2cncn2)(C4)C3)cc1. The fourth-order valence-electron chi connectivity index (χ4n) is 6.10. The molecule has 2 atom stereocenters. The highest BCUT2D eigenvalue weighted by atomic mass is 16.2. The predicted molar refractivity (Wildman–Crippen MR) is 94.9 cm³/mol. The minimum absolute atomic E-state index is 0.00873. The number of nitrogens with zero attached hydrogens (tertiary/aromatic N) is 3. The number of nitrogens with one attached hydrogen (secondary N) is 1. The smallest absolute Gasteiger partial charge is 0.230 e. The third kappa shape index (κ3) is 2.32. The number of aromatic nitrogens is 3. The van der Waals surface area contributed by atoms with Gasteiger partial charge in [0.2, 0.25) is 5.91 Å². The van der Waals surface area contributed by atoms with Gasteiger partial charge in [0.05, 0.1) is 11.0 Å². The van der Waals surface area contributed by atoms with Crippen LogP contribution in [0.2, 0.25) is 0 Å². The predicted octanol–water partition coefficient (Wildman–Crippen LogP) is 3.52. The van der Waals surface area contributed by atoms with E-state index in [2.05, 4.69) is 27.0 Å². The Morgan fingerprint density at radius 3 is 2.52 bits per heavy atom. The molecule has 1 N–H and O–H groups in total. The van der Waals surface area contributed by atoms with E-state index in [9.17, 15) is 4.79 Å². The van der Waals surface area contributed by atoms with Gasteiger partial charge >= 0.3 is 0 Å². The van der Waals surface area contributed by atoms with E-state index in [1.54, 1.807) is 6.33 Å². The molecule has 0 aliphatic heterocycles. The lowest BCUT2D eigenvalue weighted by molar-refractivity contribution is -0.150. The maximum Gasteiger partial charge on any atom is 0.230 e. The van der Waals surface area contributed by atoms with Crippen LogP contribution in [0.5, 0.6) is 0 Å². The first kappa shape index (κ1) is 15.1. The van der Waals surface area contributed by atoms with Gasteiger partial charge in [0.1, 0.15) is 12.7 Å². The summed E-state index contributed by atoms with van der Waals surface area (Å²) in [5.74, 6) is 1.47. The van der Waals surface area contributed by atoms with Crippen LogP contribution in [-0.2, 0) is 10.3 Å². The fraction of sp³-hybridized carbons (Fsp3) is 0.550. The average Bonchev–Trinajstić information content (AvgIpc) is 3.11. The Labute approximate surface area is 147 Å². The number of carbonyl (C=O) groups excluding carboxylic acids is 1. The van der Waals surface area contributed by atoms with Crippen molar-refractivity contribution in [3.05, 3.63) is 42.5 Å². The van der Waals surface area contributed by atoms with Crippen molar-refractivity contribution < 1.29 is 4.79 Å². The fourth-order valence-corrected chi connectivity index (χ4v) is 6.10. The van der Waals surface area contributed by atoms with E-state index in [1.165, 1.54) is 12.0 Å². The zero-order valence-electron chi connectivity index (χ0n) is 14.6. The summed E-state index contributed by atoms with van der Waals surface area (Å²) in [4.78, 5) is 17.5. The molecule has 4 saturated carbocycles. The highest BCUT2D eigenvalue weighted by Crippen LogP contribution is 2.64. The molecule has 0 spiro atoms. The van der Waals surface area contributed by atoms with Crippen LogP contribution in [0, 0.1) is 24.2 Å². The lowest BCUT2D eigenvalue weighted by Gasteiger charge is -2.60. The topological polar surface area (TPSA) is 59.8 Å². The Kier molecular flexibility index (Phi) is 3.12. The Morgan fingerprint density at radius 1 is 1.16 bits per heavy atom. The second kappa shape index (κ2) is 5.16. The van der Waals surface area contributed by atoms with Gasteiger partial charge in [-0.15, -0.1) is 0 Å². The lowest BCUT2D eigenvalue weighted by atomic mass is 9.46. The maximum atomic E-state index is 13.3. The molecule has 2 aromatic rings. The van der Waals surface area contributed by atoms with Gasteiger partial charge in [-0.05, 0) is 69.4 Å². The van der Waals surface area contributed by atoms with E-state index >= 15 is 0 Å². The lowest BCUT2D eigenvalue weighted by Crippen LogP contribution is -2.60. The summed E-state index contributed by atoms with van der Waals surface area (Å²) in [6, 6.07) is 8.10. The number of aryl methyl sites for hydroxylation is 1. The van der Waals surface area contributed by atoms with Gasteiger partial charge < -0.3 is 5.32 Å². The first-order valence-electron chi connectivity index (χ1n) is 9.30. The number of benzene rings is 1. The molecule has 4 aliphatic carbocycles. The van der Waals surface area contributed by atoms with Crippen LogP contribution in [-0.4, -0.2) is 20.7 Å². The van der Waals surface area contributed by atoms with Crippen molar-refractivity contribution in [3.63, 3.8) is 0 Å². The van der Waals surface area contributed by atoms with E-state index in [-0.39, 0.29) is 16.9 Å². The van der Waals surface area contributed by atoms with E-state index in [0.717, 1.165) is 37.8 Å². The second-order valence-corrected chi connectivity index (χ2v) is 8.63. The average molecular weight is 336 g/mol. The van der Waals surface area contributed by atoms with E-state index < -0.39 is 0 Å². The Bertz CT molecular complexity index is 782. The third-order valence-electron chi connectivity index (χ3n) is 6.73. The first-order chi connectivity index (χ1) is 12.1. The molecule has 1 aromatic heterocycles. The van der Waals surface area contributed by atoms with Crippen LogP contribution < -0.4 is 5.32 Å².